The molecule has 15 nitrogen and oxygen atoms in total. The topological polar surface area (TPSA) is 238 Å². The number of phenols is 1. The maximum absolute atomic E-state index is 14.0. The van der Waals surface area contributed by atoms with E-state index in [1.807, 2.05) is 0 Å². The van der Waals surface area contributed by atoms with Crippen LogP contribution >= 0.6 is 0 Å². The van der Waals surface area contributed by atoms with Crippen molar-refractivity contribution in [3.05, 3.63) is 44.7 Å². The normalized spacial score (nSPS) is 27.2. The van der Waals surface area contributed by atoms with E-state index in [2.05, 4.69) is 10.5 Å². The number of ketones is 2. The second kappa shape index (κ2) is 9.94. The van der Waals surface area contributed by atoms with Crippen molar-refractivity contribution in [3.63, 3.8) is 0 Å². The third-order valence-corrected chi connectivity index (χ3v) is 7.98. The molecule has 41 heavy (non-hydrogen) atoms. The molecule has 4 atom stereocenters. The number of rotatable bonds is 6. The molecule has 1 unspecified atom stereocenters. The van der Waals surface area contributed by atoms with E-state index in [1.165, 1.54) is 25.1 Å². The molecule has 15 heteroatoms. The molecule has 8 N–H and O–H groups in total. The van der Waals surface area contributed by atoms with E-state index in [0.717, 1.165) is 0 Å². The van der Waals surface area contributed by atoms with Crippen LogP contribution in [0, 0.1) is 10.8 Å². The Morgan fingerprint density at radius 2 is 1.85 bits per heavy atom. The van der Waals surface area contributed by atoms with Gasteiger partial charge in [-0.25, -0.2) is 4.79 Å². The van der Waals surface area contributed by atoms with Gasteiger partial charge in [-0.05, 0) is 56.6 Å². The van der Waals surface area contributed by atoms with Crippen LogP contribution in [0.3, 0.4) is 0 Å². The Kier molecular flexibility index (Phi) is 7.18. The maximum Gasteiger partial charge on any atom is 0.411 e. The number of fused-ring (bicyclic) bond motifs is 3. The van der Waals surface area contributed by atoms with Crippen LogP contribution in [0.4, 0.5) is 16.2 Å². The predicted molar refractivity (Wildman–Crippen MR) is 145 cm³/mol. The van der Waals surface area contributed by atoms with Crippen molar-refractivity contribution in [1.82, 2.24) is 4.90 Å². The Bertz CT molecular complexity index is 1470. The molecule has 0 aliphatic heterocycles. The largest absolute Gasteiger partial charge is 0.508 e. The number of Topliss-reactive ketones (excluding diaryl/α,β-unsaturated/α-hetero) is 2. The first kappa shape index (κ1) is 29.6. The SMILES string of the molecule is CCOC(=O)Nc1cc(N(C)C)c2c(c1O)C(=O)C1=C(O)[C@]3(O)C(=O)C(C(N)=O)=C(N=O)[C@@H](N(C)C)C3(N)C[C@@H]1C2. The number of benzene rings is 1. The fourth-order valence-corrected chi connectivity index (χ4v) is 6.38. The minimum atomic E-state index is -3.06. The van der Waals surface area contributed by atoms with Gasteiger partial charge in [0, 0.05) is 25.4 Å². The number of allylic oxidation sites excluding steroid dienone is 1. The second-order valence-electron chi connectivity index (χ2n) is 10.7. The summed E-state index contributed by atoms with van der Waals surface area (Å²) in [6, 6.07) is 0.0798. The zero-order valence-electron chi connectivity index (χ0n) is 23.1. The number of nitrogens with one attached hydrogen (secondary N) is 1. The summed E-state index contributed by atoms with van der Waals surface area (Å²) in [5.41, 5.74) is 5.34. The minimum Gasteiger partial charge on any atom is -0.508 e. The average Bonchev–Trinajstić information content (AvgIpc) is 2.86. The highest BCUT2D eigenvalue weighted by molar-refractivity contribution is 6.26. The third kappa shape index (κ3) is 3.99. The van der Waals surface area contributed by atoms with Gasteiger partial charge < -0.3 is 36.4 Å². The third-order valence-electron chi connectivity index (χ3n) is 7.98. The zero-order chi connectivity index (χ0) is 30.8. The highest BCUT2D eigenvalue weighted by Gasteiger charge is 2.70. The molecule has 0 saturated carbocycles. The number of aliphatic hydroxyl groups is 2. The monoisotopic (exact) mass is 572 g/mol. The lowest BCUT2D eigenvalue weighted by atomic mass is 9.54. The quantitative estimate of drug-likeness (QED) is 0.151. The molecule has 2 amide bonds. The summed E-state index contributed by atoms with van der Waals surface area (Å²) in [6.07, 6.45) is -1.20. The molecular formula is C26H32N6O9. The molecular weight excluding hydrogens is 540 g/mol. The second-order valence-corrected chi connectivity index (χ2v) is 10.7. The van der Waals surface area contributed by atoms with E-state index in [4.69, 9.17) is 16.2 Å². The predicted octanol–water partition coefficient (Wildman–Crippen LogP) is 0.0447. The van der Waals surface area contributed by atoms with Crippen molar-refractivity contribution in [2.75, 3.05) is 45.0 Å². The molecule has 3 aliphatic carbocycles. The molecule has 1 aromatic carbocycles. The number of anilines is 2. The summed E-state index contributed by atoms with van der Waals surface area (Å²) < 4.78 is 4.88. The van der Waals surface area contributed by atoms with E-state index in [0.29, 0.717) is 11.3 Å². The van der Waals surface area contributed by atoms with Gasteiger partial charge >= 0.3 is 6.09 Å². The number of aliphatic hydroxyl groups excluding tert-OH is 1. The number of phenolic OH excluding ortho intramolecular Hbond substituents is 1. The smallest absolute Gasteiger partial charge is 0.411 e. The van der Waals surface area contributed by atoms with Crippen LogP contribution < -0.4 is 21.7 Å². The van der Waals surface area contributed by atoms with Crippen molar-refractivity contribution >= 4 is 34.9 Å². The molecule has 0 aromatic heterocycles. The summed E-state index contributed by atoms with van der Waals surface area (Å²) in [7, 11) is 6.30. The molecule has 4 rings (SSSR count). The first-order valence-electron chi connectivity index (χ1n) is 12.7. The highest BCUT2D eigenvalue weighted by atomic mass is 16.5. The van der Waals surface area contributed by atoms with Gasteiger partial charge in [0.15, 0.2) is 11.5 Å². The average molecular weight is 573 g/mol. The minimum absolute atomic E-state index is 0.000831. The van der Waals surface area contributed by atoms with Gasteiger partial charge in [-0.1, -0.05) is 0 Å². The molecule has 0 bridgehead atoms. The number of hydrogen-bond donors (Lipinski definition) is 6. The van der Waals surface area contributed by atoms with E-state index < -0.39 is 75.0 Å². The first-order chi connectivity index (χ1) is 19.1. The zero-order valence-corrected chi connectivity index (χ0v) is 23.1. The van der Waals surface area contributed by atoms with E-state index in [9.17, 15) is 39.4 Å². The molecule has 3 aliphatic rings. The van der Waals surface area contributed by atoms with Crippen LogP contribution in [0.15, 0.2) is 33.8 Å². The molecule has 1 aromatic rings. The van der Waals surface area contributed by atoms with Crippen molar-refractivity contribution in [2.24, 2.45) is 22.6 Å². The van der Waals surface area contributed by atoms with Gasteiger partial charge in [0.05, 0.1) is 29.4 Å². The van der Waals surface area contributed by atoms with Gasteiger partial charge in [0.25, 0.3) is 5.91 Å². The van der Waals surface area contributed by atoms with Crippen LogP contribution in [0.5, 0.6) is 5.75 Å². The van der Waals surface area contributed by atoms with Crippen molar-refractivity contribution < 1.29 is 39.2 Å². The number of nitrogens with zero attached hydrogens (tertiary/aromatic N) is 3. The van der Waals surface area contributed by atoms with Gasteiger partial charge in [0.2, 0.25) is 11.4 Å². The number of likely N-dealkylation sites (N-methyl/N-ethyl adjacent to an activating group) is 1. The standard InChI is InChI=1S/C26H32N6O9/c1-6-41-24(38)29-12-8-13(31(2)3)11-7-10-9-25(28)20(32(4)5)17(30-40)16(23(27)37)22(36)26(25,39)21(35)14(10)19(34)15(11)18(12)33/h8,10,20,33,35,39H,6-7,9,28H2,1-5H3,(H2,27,37)(H,29,38)/t10-,20+,25?,26-/m0/s1. The Hall–Kier alpha value is -4.34. The van der Waals surface area contributed by atoms with Crippen LogP contribution in [0.1, 0.15) is 29.3 Å². The molecule has 220 valence electrons. The summed E-state index contributed by atoms with van der Waals surface area (Å²) in [4.78, 5) is 67.0. The number of aromatic hydroxyl groups is 1. The number of nitrogens with two attached hydrogens (primary N) is 2. The van der Waals surface area contributed by atoms with Crippen LogP contribution in [0.25, 0.3) is 0 Å². The van der Waals surface area contributed by atoms with Crippen LogP contribution in [0.2, 0.25) is 0 Å². The molecule has 0 radical (unpaired) electrons. The number of ether oxygens (including phenoxy) is 1. The van der Waals surface area contributed by atoms with Crippen molar-refractivity contribution in [3.8, 4) is 5.75 Å². The first-order valence-corrected chi connectivity index (χ1v) is 12.7. The van der Waals surface area contributed by atoms with Gasteiger partial charge in [-0.3, -0.25) is 24.6 Å². The Balaban J connectivity index is 2.01. The molecule has 0 fully saturated rings. The number of primary amides is 1. The fraction of sp³-hybridized carbons (Fsp3) is 0.462. The Labute approximate surface area is 234 Å². The fourth-order valence-electron chi connectivity index (χ4n) is 6.38. The number of carbonyl (C=O) groups is 4. The lowest BCUT2D eigenvalue weighted by Crippen LogP contribution is -2.78. The van der Waals surface area contributed by atoms with Crippen LogP contribution in [-0.4, -0.2) is 95.8 Å². The number of hydrogen-bond acceptors (Lipinski definition) is 13. The Morgan fingerprint density at radius 3 is 2.37 bits per heavy atom. The van der Waals surface area contributed by atoms with Crippen LogP contribution in [-0.2, 0) is 20.7 Å². The number of nitroso groups, excluding NO2 is 1. The van der Waals surface area contributed by atoms with Crippen molar-refractivity contribution in [1.29, 1.82) is 0 Å². The van der Waals surface area contributed by atoms with E-state index in [1.54, 1.807) is 25.9 Å². The van der Waals surface area contributed by atoms with Crippen molar-refractivity contribution in [2.45, 2.75) is 36.9 Å². The lowest BCUT2D eigenvalue weighted by molar-refractivity contribution is -0.150. The summed E-state index contributed by atoms with van der Waals surface area (Å²) in [5, 5.41) is 39.8. The lowest BCUT2D eigenvalue weighted by Gasteiger charge is -2.56. The van der Waals surface area contributed by atoms with Gasteiger partial charge in [0.1, 0.15) is 17.0 Å². The van der Waals surface area contributed by atoms with E-state index in [-0.39, 0.29) is 30.7 Å². The number of carbonyl (C=O) groups excluding carboxylic acids is 4. The number of amides is 2. The van der Waals surface area contributed by atoms with Gasteiger partial charge in [-0.2, -0.15) is 0 Å². The molecule has 0 heterocycles. The summed E-state index contributed by atoms with van der Waals surface area (Å²) in [5.74, 6) is -6.43. The maximum atomic E-state index is 14.0. The molecule has 0 spiro atoms. The summed E-state index contributed by atoms with van der Waals surface area (Å²) in [6.45, 7) is 1.63. The molecule has 0 saturated heterocycles. The van der Waals surface area contributed by atoms with Gasteiger partial charge in [-0.15, -0.1) is 4.91 Å². The summed E-state index contributed by atoms with van der Waals surface area (Å²) >= 11 is 0. The Morgan fingerprint density at radius 1 is 1.22 bits per heavy atom. The van der Waals surface area contributed by atoms with E-state index >= 15 is 0 Å². The highest BCUT2D eigenvalue weighted by Crippen LogP contribution is 2.55.